The molecule has 5 aromatic carbocycles. The van der Waals surface area contributed by atoms with E-state index in [0.717, 1.165) is 17.9 Å². The van der Waals surface area contributed by atoms with Crippen molar-refractivity contribution in [3.05, 3.63) is 166 Å². The molecule has 11 nitrogen and oxygen atoms in total. The molecule has 1 saturated carbocycles. The van der Waals surface area contributed by atoms with Gasteiger partial charge in [0.25, 0.3) is 0 Å². The second-order valence-corrected chi connectivity index (χ2v) is 17.1. The quantitative estimate of drug-likeness (QED) is 0.104. The van der Waals surface area contributed by atoms with Crippen molar-refractivity contribution in [2.45, 2.75) is 54.1 Å². The maximum Gasteiger partial charge on any atom is 0.329 e. The van der Waals surface area contributed by atoms with Crippen LogP contribution in [-0.4, -0.2) is 46.1 Å². The molecule has 1 fully saturated rings. The second-order valence-electron chi connectivity index (χ2n) is 15.8. The van der Waals surface area contributed by atoms with Crippen molar-refractivity contribution in [2.75, 3.05) is 19.7 Å². The Hall–Kier alpha value is -6.50. The summed E-state index contributed by atoms with van der Waals surface area (Å²) < 4.78 is 24.0. The van der Waals surface area contributed by atoms with Crippen molar-refractivity contribution in [3.63, 3.8) is 0 Å². The molecule has 1 aliphatic rings. The summed E-state index contributed by atoms with van der Waals surface area (Å²) in [6, 6.07) is 39.4. The fraction of sp³-hybridized carbons (Fsp3) is 0.275. The first-order valence-corrected chi connectivity index (χ1v) is 21.8. The van der Waals surface area contributed by atoms with Gasteiger partial charge in [-0.15, -0.1) is 0 Å². The molecule has 338 valence electrons. The Morgan fingerprint density at radius 2 is 1.32 bits per heavy atom. The summed E-state index contributed by atoms with van der Waals surface area (Å²) in [5.41, 5.74) is 1.56. The van der Waals surface area contributed by atoms with E-state index in [2.05, 4.69) is 58.3 Å². The molecule has 6 aromatic rings. The zero-order valence-corrected chi connectivity index (χ0v) is 39.4. The number of aromatic nitrogens is 2. The lowest BCUT2D eigenvalue weighted by Crippen LogP contribution is -2.37. The molecule has 0 aliphatic heterocycles. The molecule has 0 radical (unpaired) electrons. The van der Waals surface area contributed by atoms with E-state index in [4.69, 9.17) is 59.0 Å². The van der Waals surface area contributed by atoms with Crippen LogP contribution in [0.1, 0.15) is 58.3 Å². The fourth-order valence-electron chi connectivity index (χ4n) is 6.84. The third kappa shape index (κ3) is 14.5. The largest absolute Gasteiger partial charge is 0.489 e. The number of halogens is 3. The molecule has 0 saturated heterocycles. The molecular weight excluding hydrogens is 885 g/mol. The number of carbonyl (C=O) groups is 2. The molecule has 1 aromatic heterocycles. The number of carbonyl (C=O) groups excluding carboxylic acids is 2. The van der Waals surface area contributed by atoms with Crippen LogP contribution in [0.2, 0.25) is 15.1 Å². The van der Waals surface area contributed by atoms with Crippen LogP contribution in [0.15, 0.2) is 140 Å². The zero-order chi connectivity index (χ0) is 47.6. The number of aryl methyl sites for hydroxylation is 1. The van der Waals surface area contributed by atoms with Gasteiger partial charge in [0.15, 0.2) is 5.75 Å². The highest BCUT2D eigenvalue weighted by molar-refractivity contribution is 6.40. The highest BCUT2D eigenvalue weighted by Crippen LogP contribution is 2.68. The summed E-state index contributed by atoms with van der Waals surface area (Å²) in [4.78, 5) is 30.5. The van der Waals surface area contributed by atoms with E-state index in [1.54, 1.807) is 53.7 Å². The number of ether oxygens (including phenoxy) is 4. The maximum atomic E-state index is 12.6. The zero-order valence-electron chi connectivity index (χ0n) is 37.2. The third-order valence-electron chi connectivity index (χ3n) is 10.8. The molecule has 1 atom stereocenters. The van der Waals surface area contributed by atoms with E-state index in [9.17, 15) is 14.9 Å². The number of benzene rings is 5. The van der Waals surface area contributed by atoms with Gasteiger partial charge >= 0.3 is 12.0 Å². The van der Waals surface area contributed by atoms with E-state index in [-0.39, 0.29) is 35.4 Å². The van der Waals surface area contributed by atoms with Crippen molar-refractivity contribution in [3.8, 4) is 41.4 Å². The third-order valence-corrected chi connectivity index (χ3v) is 11.6. The van der Waals surface area contributed by atoms with Gasteiger partial charge in [0, 0.05) is 36.1 Å². The number of amides is 1. The number of imidazole rings is 1. The Kier molecular flexibility index (Phi) is 19.3. The average molecular weight is 937 g/mol. The van der Waals surface area contributed by atoms with Crippen LogP contribution in [0.25, 0.3) is 0 Å². The fourth-order valence-corrected chi connectivity index (χ4v) is 7.77. The predicted octanol–water partition coefficient (Wildman–Crippen LogP) is 13.8. The van der Waals surface area contributed by atoms with Crippen LogP contribution in [-0.2, 0) is 9.53 Å². The normalized spacial score (nSPS) is 13.3. The van der Waals surface area contributed by atoms with Crippen molar-refractivity contribution in [2.24, 2.45) is 16.7 Å². The van der Waals surface area contributed by atoms with Crippen molar-refractivity contribution in [1.82, 2.24) is 14.5 Å². The molecule has 0 spiro atoms. The Balaban J connectivity index is 0.000000218. The smallest absolute Gasteiger partial charge is 0.329 e. The Bertz CT molecular complexity index is 2470. The first-order chi connectivity index (χ1) is 31.1. The van der Waals surface area contributed by atoms with Gasteiger partial charge in [-0.1, -0.05) is 130 Å². The van der Waals surface area contributed by atoms with Crippen LogP contribution in [0.4, 0.5) is 4.79 Å². The Morgan fingerprint density at radius 1 is 0.785 bits per heavy atom. The van der Waals surface area contributed by atoms with E-state index in [0.29, 0.717) is 51.0 Å². The molecule has 1 aliphatic carbocycles. The van der Waals surface area contributed by atoms with Crippen LogP contribution >= 0.6 is 34.8 Å². The lowest BCUT2D eigenvalue weighted by Gasteiger charge is -2.22. The number of nitrogens with zero attached hydrogens (tertiary/aromatic N) is 5. The SMILES string of the molecule is C#N.CC1(C)C(C(=O)OC(C#N)c2cccc(Oc3ccccc3)c2)C1(C)C.CCCN(CCOc1c(Cl)cc(Cl)cc1Cl)C(=O)n1ccnc1.Cc1cccc(Oc2ccccc2)c1. The molecule has 65 heavy (non-hydrogen) atoms. The minimum atomic E-state index is -0.950. The van der Waals surface area contributed by atoms with Gasteiger partial charge in [-0.3, -0.25) is 9.36 Å². The highest BCUT2D eigenvalue weighted by Gasteiger charge is 2.69. The van der Waals surface area contributed by atoms with E-state index in [1.807, 2.05) is 85.8 Å². The van der Waals surface area contributed by atoms with Crippen molar-refractivity contribution in [1.29, 1.82) is 10.5 Å². The minimum Gasteiger partial charge on any atom is -0.489 e. The topological polar surface area (TPSA) is 140 Å². The van der Waals surface area contributed by atoms with Gasteiger partial charge < -0.3 is 23.8 Å². The van der Waals surface area contributed by atoms with Gasteiger partial charge in [0.2, 0.25) is 6.10 Å². The highest BCUT2D eigenvalue weighted by atomic mass is 35.5. The van der Waals surface area contributed by atoms with Crippen molar-refractivity contribution < 1.29 is 28.5 Å². The minimum absolute atomic E-state index is 0.123. The van der Waals surface area contributed by atoms with Crippen molar-refractivity contribution >= 4 is 46.8 Å². The number of nitriles is 2. The average Bonchev–Trinajstić information content (AvgIpc) is 3.60. The molecule has 1 heterocycles. The predicted molar refractivity (Wildman–Crippen MR) is 255 cm³/mol. The van der Waals surface area contributed by atoms with E-state index < -0.39 is 6.10 Å². The van der Waals surface area contributed by atoms with Gasteiger partial charge in [-0.05, 0) is 90.4 Å². The summed E-state index contributed by atoms with van der Waals surface area (Å²) >= 11 is 18.0. The summed E-state index contributed by atoms with van der Waals surface area (Å²) in [5, 5.41) is 17.1. The number of hydrogen-bond acceptors (Lipinski definition) is 9. The van der Waals surface area contributed by atoms with Crippen LogP contribution in [0.3, 0.4) is 0 Å². The molecular formula is C51H52Cl3N5O6. The number of rotatable bonds is 13. The van der Waals surface area contributed by atoms with Gasteiger partial charge in [0.1, 0.15) is 42.0 Å². The summed E-state index contributed by atoms with van der Waals surface area (Å²) in [5.74, 6) is 2.91. The van der Waals surface area contributed by atoms with Crippen LogP contribution in [0, 0.1) is 46.8 Å². The first kappa shape index (κ1) is 51.1. The molecule has 7 rings (SSSR count). The molecule has 14 heteroatoms. The molecule has 1 amide bonds. The van der Waals surface area contributed by atoms with Crippen LogP contribution in [0.5, 0.6) is 28.7 Å². The van der Waals surface area contributed by atoms with E-state index >= 15 is 0 Å². The first-order valence-electron chi connectivity index (χ1n) is 20.7. The summed E-state index contributed by atoms with van der Waals surface area (Å²) in [6.45, 7) is 17.0. The monoisotopic (exact) mass is 935 g/mol. The summed E-state index contributed by atoms with van der Waals surface area (Å²) in [6.07, 6.45) is 4.53. The maximum absolute atomic E-state index is 12.6. The van der Waals surface area contributed by atoms with Gasteiger partial charge in [-0.25, -0.2) is 15.0 Å². The summed E-state index contributed by atoms with van der Waals surface area (Å²) in [7, 11) is 0. The standard InChI is InChI=1S/C22H23NO3.C15H16Cl3N3O2.C13H12O.CHN/c1-21(2)19(22(21,3)4)20(24)26-18(14-23)15-9-8-12-17(13-15)25-16-10-6-5-7-11-16;1-2-4-20(15(22)21-5-3-19-10-21)6-7-23-14-12(17)8-11(16)9-13(14)18;1-11-6-5-9-13(10-11)14-12-7-3-2-4-8-12;1-2/h5-13,18-19H,1-4H3;3,5,8-10H,2,4,6-7H2,1H3;2-10H,1H3;1H. The van der Waals surface area contributed by atoms with Gasteiger partial charge in [0.05, 0.1) is 22.5 Å². The Labute approximate surface area is 396 Å². The van der Waals surface area contributed by atoms with Gasteiger partial charge in [-0.2, -0.15) is 5.26 Å². The molecule has 1 unspecified atom stereocenters. The second kappa shape index (κ2) is 24.5. The number of para-hydroxylation sites is 2. The molecule has 0 N–H and O–H groups in total. The lowest BCUT2D eigenvalue weighted by atomic mass is 10.0. The number of hydrogen-bond donors (Lipinski definition) is 0. The Morgan fingerprint density at radius 3 is 1.82 bits per heavy atom. The lowest BCUT2D eigenvalue weighted by molar-refractivity contribution is -0.150. The van der Waals surface area contributed by atoms with Crippen LogP contribution < -0.4 is 14.2 Å². The number of esters is 1. The van der Waals surface area contributed by atoms with E-state index in [1.165, 1.54) is 16.5 Å². The molecule has 0 bridgehead atoms.